The van der Waals surface area contributed by atoms with Crippen molar-refractivity contribution in [2.24, 2.45) is 4.36 Å². The van der Waals surface area contributed by atoms with E-state index in [4.69, 9.17) is 5.26 Å². The molecule has 0 aliphatic carbocycles. The molecule has 2 heterocycles. The SMILES string of the molecule is CCS(C)(=O)=Nc1ccc(-n2ncnc2[C@H](C)NC(=O)c2cc(C#N)cc(C(F)(F)F)c2)nc1. The number of nitrogens with one attached hydrogen (secondary N) is 1. The van der Waals surface area contributed by atoms with Gasteiger partial charge in [0.05, 0.1) is 35.1 Å². The fraction of sp³-hybridized carbons (Fsp3) is 0.286. The van der Waals surface area contributed by atoms with Gasteiger partial charge in [-0.25, -0.2) is 14.2 Å². The first-order valence-electron chi connectivity index (χ1n) is 9.93. The predicted octanol–water partition coefficient (Wildman–Crippen LogP) is 3.79. The van der Waals surface area contributed by atoms with Gasteiger partial charge in [-0.3, -0.25) is 4.79 Å². The van der Waals surface area contributed by atoms with Gasteiger partial charge in [-0.15, -0.1) is 0 Å². The van der Waals surface area contributed by atoms with Crippen molar-refractivity contribution >= 4 is 21.3 Å². The van der Waals surface area contributed by atoms with Crippen LogP contribution in [-0.4, -0.2) is 41.9 Å². The molecule has 0 saturated heterocycles. The van der Waals surface area contributed by atoms with E-state index < -0.39 is 33.4 Å². The zero-order valence-corrected chi connectivity index (χ0v) is 19.2. The summed E-state index contributed by atoms with van der Waals surface area (Å²) in [6.07, 6.45) is -0.494. The van der Waals surface area contributed by atoms with Crippen LogP contribution in [0.3, 0.4) is 0 Å². The molecule has 0 aliphatic heterocycles. The second-order valence-corrected chi connectivity index (χ2v) is 10.0. The lowest BCUT2D eigenvalue weighted by Gasteiger charge is -2.15. The van der Waals surface area contributed by atoms with Crippen LogP contribution in [0, 0.1) is 11.3 Å². The topological polar surface area (TPSA) is 126 Å². The number of hydrogen-bond acceptors (Lipinski definition) is 7. The monoisotopic (exact) mass is 491 g/mol. The smallest absolute Gasteiger partial charge is 0.342 e. The third-order valence-electron chi connectivity index (χ3n) is 4.74. The Bertz CT molecular complexity index is 1370. The molecule has 9 nitrogen and oxygen atoms in total. The third kappa shape index (κ3) is 5.76. The highest BCUT2D eigenvalue weighted by atomic mass is 32.2. The van der Waals surface area contributed by atoms with E-state index >= 15 is 0 Å². The zero-order valence-electron chi connectivity index (χ0n) is 18.4. The number of carbonyl (C=O) groups is 1. The predicted molar refractivity (Wildman–Crippen MR) is 118 cm³/mol. The Morgan fingerprint density at radius 2 is 2.03 bits per heavy atom. The number of nitriles is 1. The van der Waals surface area contributed by atoms with Gasteiger partial charge in [-0.05, 0) is 37.3 Å². The van der Waals surface area contributed by atoms with E-state index in [9.17, 15) is 22.2 Å². The quantitative estimate of drug-likeness (QED) is 0.559. The molecule has 0 aliphatic rings. The Labute approximate surface area is 193 Å². The van der Waals surface area contributed by atoms with Crippen LogP contribution in [0.2, 0.25) is 0 Å². The number of pyridine rings is 1. The average molecular weight is 491 g/mol. The van der Waals surface area contributed by atoms with Crippen molar-refractivity contribution in [3.8, 4) is 11.9 Å². The van der Waals surface area contributed by atoms with Crippen molar-refractivity contribution in [1.82, 2.24) is 25.1 Å². The van der Waals surface area contributed by atoms with Gasteiger partial charge in [-0.2, -0.15) is 32.6 Å². The highest BCUT2D eigenvalue weighted by Gasteiger charge is 2.32. The molecular weight excluding hydrogens is 471 g/mol. The minimum atomic E-state index is -4.71. The Morgan fingerprint density at radius 3 is 2.62 bits per heavy atom. The molecule has 0 radical (unpaired) electrons. The van der Waals surface area contributed by atoms with Gasteiger partial charge in [0, 0.05) is 27.3 Å². The van der Waals surface area contributed by atoms with Crippen LogP contribution in [0.25, 0.3) is 5.82 Å². The van der Waals surface area contributed by atoms with Gasteiger partial charge in [0.2, 0.25) is 0 Å². The summed E-state index contributed by atoms with van der Waals surface area (Å²) >= 11 is 0. The first-order valence-corrected chi connectivity index (χ1v) is 12.0. The molecule has 178 valence electrons. The van der Waals surface area contributed by atoms with Crippen LogP contribution in [0.5, 0.6) is 0 Å². The third-order valence-corrected chi connectivity index (χ3v) is 6.41. The van der Waals surface area contributed by atoms with Gasteiger partial charge in [0.1, 0.15) is 6.33 Å². The molecule has 2 aromatic heterocycles. The van der Waals surface area contributed by atoms with E-state index in [0.29, 0.717) is 29.4 Å². The Hall–Kier alpha value is -3.79. The summed E-state index contributed by atoms with van der Waals surface area (Å²) in [5.41, 5.74) is -1.27. The lowest BCUT2D eigenvalue weighted by Crippen LogP contribution is -2.29. The number of carbonyl (C=O) groups excluding carboxylic acids is 1. The lowest BCUT2D eigenvalue weighted by molar-refractivity contribution is -0.137. The summed E-state index contributed by atoms with van der Waals surface area (Å²) in [5.74, 6) is 0.188. The minimum absolute atomic E-state index is 0.269. The number of benzene rings is 1. The molecule has 13 heteroatoms. The molecule has 3 rings (SSSR count). The molecule has 0 bridgehead atoms. The Balaban J connectivity index is 1.85. The summed E-state index contributed by atoms with van der Waals surface area (Å²) in [6, 6.07) is 6.49. The Morgan fingerprint density at radius 1 is 1.29 bits per heavy atom. The van der Waals surface area contributed by atoms with Gasteiger partial charge in [0.25, 0.3) is 5.91 Å². The van der Waals surface area contributed by atoms with Crippen molar-refractivity contribution in [3.63, 3.8) is 0 Å². The van der Waals surface area contributed by atoms with E-state index in [-0.39, 0.29) is 17.0 Å². The van der Waals surface area contributed by atoms with Gasteiger partial charge in [0.15, 0.2) is 11.6 Å². The molecule has 1 unspecified atom stereocenters. The molecule has 1 N–H and O–H groups in total. The van der Waals surface area contributed by atoms with Crippen molar-refractivity contribution < 1.29 is 22.2 Å². The van der Waals surface area contributed by atoms with Crippen LogP contribution in [0.4, 0.5) is 18.9 Å². The molecule has 1 amide bonds. The van der Waals surface area contributed by atoms with E-state index in [0.717, 1.165) is 6.07 Å². The summed E-state index contributed by atoms with van der Waals surface area (Å²) in [4.78, 5) is 21.0. The van der Waals surface area contributed by atoms with Gasteiger partial charge >= 0.3 is 6.18 Å². The fourth-order valence-electron chi connectivity index (χ4n) is 2.90. The van der Waals surface area contributed by atoms with Gasteiger partial charge in [-0.1, -0.05) is 6.92 Å². The largest absolute Gasteiger partial charge is 0.416 e. The number of amides is 1. The molecule has 0 spiro atoms. The molecule has 3 aromatic rings. The fourth-order valence-corrected chi connectivity index (χ4v) is 3.58. The molecule has 34 heavy (non-hydrogen) atoms. The van der Waals surface area contributed by atoms with E-state index in [1.165, 1.54) is 17.2 Å². The second kappa shape index (κ2) is 9.60. The van der Waals surface area contributed by atoms with Crippen LogP contribution >= 0.6 is 0 Å². The minimum Gasteiger partial charge on any atom is -0.342 e. The van der Waals surface area contributed by atoms with E-state index in [1.807, 2.05) is 0 Å². The van der Waals surface area contributed by atoms with Gasteiger partial charge < -0.3 is 5.32 Å². The molecule has 1 aromatic carbocycles. The second-order valence-electron chi connectivity index (χ2n) is 7.35. The van der Waals surface area contributed by atoms with Crippen molar-refractivity contribution in [2.75, 3.05) is 12.0 Å². The summed E-state index contributed by atoms with van der Waals surface area (Å²) in [7, 11) is -2.36. The van der Waals surface area contributed by atoms with E-state index in [2.05, 4.69) is 24.7 Å². The highest BCUT2D eigenvalue weighted by Crippen LogP contribution is 2.30. The van der Waals surface area contributed by atoms with E-state index in [1.54, 1.807) is 38.3 Å². The number of halogens is 3. The molecule has 0 fully saturated rings. The summed E-state index contributed by atoms with van der Waals surface area (Å²) in [6.45, 7) is 3.35. The van der Waals surface area contributed by atoms with Crippen LogP contribution in [0.1, 0.15) is 47.2 Å². The summed E-state index contributed by atoms with van der Waals surface area (Å²) < 4.78 is 57.1. The maximum atomic E-state index is 13.1. The van der Waals surface area contributed by atoms with Crippen molar-refractivity contribution in [3.05, 3.63) is 65.4 Å². The normalized spacial score (nSPS) is 14.0. The lowest BCUT2D eigenvalue weighted by atomic mass is 10.0. The maximum Gasteiger partial charge on any atom is 0.416 e. The molecule has 0 saturated carbocycles. The Kier molecular flexibility index (Phi) is 7.01. The molecular formula is C21H20F3N7O2S. The van der Waals surface area contributed by atoms with Crippen LogP contribution in [0.15, 0.2) is 47.2 Å². The number of rotatable bonds is 6. The van der Waals surface area contributed by atoms with Crippen molar-refractivity contribution in [2.45, 2.75) is 26.1 Å². The number of nitrogens with zero attached hydrogens (tertiary/aromatic N) is 6. The van der Waals surface area contributed by atoms with Crippen LogP contribution in [-0.2, 0) is 15.9 Å². The standard InChI is InChI=1S/C21H20F3N7O2S/c1-4-34(3,33)30-17-5-6-18(26-11-17)31-19(27-12-28-31)13(2)29-20(32)15-7-14(10-25)8-16(9-15)21(22,23)24/h5-9,11-13H,4H2,1-3H3,(H,29,32)/t13-,34?/m0/s1. The van der Waals surface area contributed by atoms with Crippen LogP contribution < -0.4 is 5.32 Å². The maximum absolute atomic E-state index is 13.1. The number of aromatic nitrogens is 4. The first-order chi connectivity index (χ1) is 15.9. The van der Waals surface area contributed by atoms with Crippen molar-refractivity contribution in [1.29, 1.82) is 5.26 Å². The summed E-state index contributed by atoms with van der Waals surface area (Å²) in [5, 5.41) is 15.7. The number of alkyl halides is 3. The number of hydrogen-bond donors (Lipinski definition) is 1. The average Bonchev–Trinajstić information content (AvgIpc) is 3.28. The molecule has 2 atom stereocenters. The highest BCUT2D eigenvalue weighted by molar-refractivity contribution is 7.93. The zero-order chi connectivity index (χ0) is 25.1. The first kappa shape index (κ1) is 24.8.